The minimum atomic E-state index is 0.736. The van der Waals surface area contributed by atoms with Crippen LogP contribution in [-0.4, -0.2) is 25.7 Å². The molecule has 7 rings (SSSR count). The molecule has 0 saturated carbocycles. The number of aryl methyl sites for hydroxylation is 4. The first-order valence-corrected chi connectivity index (χ1v) is 15.6. The third kappa shape index (κ3) is 5.48. The average molecular weight is 567 g/mol. The van der Waals surface area contributed by atoms with Crippen LogP contribution in [0.5, 0.6) is 5.75 Å². The largest absolute Gasteiger partial charge is 0.494 e. The average Bonchev–Trinajstić information content (AvgIpc) is 3.54. The summed E-state index contributed by atoms with van der Waals surface area (Å²) >= 11 is 0. The van der Waals surface area contributed by atoms with Gasteiger partial charge in [0.25, 0.3) is 0 Å². The Morgan fingerprint density at radius 2 is 1.40 bits per heavy atom. The Morgan fingerprint density at radius 3 is 2.33 bits per heavy atom. The second-order valence-electron chi connectivity index (χ2n) is 11.5. The molecule has 0 aliphatic rings. The monoisotopic (exact) mass is 566 g/mol. The lowest BCUT2D eigenvalue weighted by Gasteiger charge is -2.11. The van der Waals surface area contributed by atoms with Gasteiger partial charge in [-0.05, 0) is 68.5 Å². The summed E-state index contributed by atoms with van der Waals surface area (Å²) < 4.78 is 11.2. The van der Waals surface area contributed by atoms with E-state index in [1.54, 1.807) is 0 Å². The van der Waals surface area contributed by atoms with Crippen LogP contribution in [0.2, 0.25) is 0 Å². The number of rotatable bonds is 12. The molecule has 0 atom stereocenters. The molecule has 4 aromatic heterocycles. The highest BCUT2D eigenvalue weighted by atomic mass is 16.5. The maximum atomic E-state index is 6.29. The Kier molecular flexibility index (Phi) is 7.79. The van der Waals surface area contributed by atoms with E-state index in [2.05, 4.69) is 111 Å². The SMILES string of the molecule is Cc1nccc2c3ccc(OCCCCCCn4c5ccccc5c5ccncc54)cc3n(CCCc3ccccc3)c12. The van der Waals surface area contributed by atoms with E-state index >= 15 is 0 Å². The fourth-order valence-electron chi connectivity index (χ4n) is 6.66. The summed E-state index contributed by atoms with van der Waals surface area (Å²) in [6.45, 7) is 4.81. The van der Waals surface area contributed by atoms with E-state index in [1.165, 1.54) is 55.6 Å². The number of hydrogen-bond acceptors (Lipinski definition) is 3. The first-order chi connectivity index (χ1) is 21.3. The van der Waals surface area contributed by atoms with Crippen molar-refractivity contribution in [1.82, 2.24) is 19.1 Å². The van der Waals surface area contributed by atoms with Crippen molar-refractivity contribution in [3.8, 4) is 5.75 Å². The van der Waals surface area contributed by atoms with Crippen LogP contribution >= 0.6 is 0 Å². The Hall–Kier alpha value is -4.64. The van der Waals surface area contributed by atoms with Crippen LogP contribution in [0.3, 0.4) is 0 Å². The summed E-state index contributed by atoms with van der Waals surface area (Å²) in [5.41, 5.74) is 7.46. The van der Waals surface area contributed by atoms with Crippen LogP contribution in [0, 0.1) is 6.92 Å². The molecule has 0 aliphatic carbocycles. The zero-order valence-corrected chi connectivity index (χ0v) is 24.9. The van der Waals surface area contributed by atoms with Gasteiger partial charge in [0, 0.05) is 58.6 Å². The topological polar surface area (TPSA) is 44.9 Å². The number of hydrogen-bond donors (Lipinski definition) is 0. The van der Waals surface area contributed by atoms with E-state index in [0.29, 0.717) is 0 Å². The molecule has 0 spiro atoms. The first kappa shape index (κ1) is 27.2. The molecule has 0 amide bonds. The van der Waals surface area contributed by atoms with Crippen molar-refractivity contribution in [3.63, 3.8) is 0 Å². The summed E-state index contributed by atoms with van der Waals surface area (Å²) in [7, 11) is 0. The molecule has 0 radical (unpaired) electrons. The van der Waals surface area contributed by atoms with Crippen molar-refractivity contribution in [2.24, 2.45) is 0 Å². The van der Waals surface area contributed by atoms with Crippen molar-refractivity contribution in [2.75, 3.05) is 6.61 Å². The number of benzene rings is 3. The smallest absolute Gasteiger partial charge is 0.121 e. The van der Waals surface area contributed by atoms with Gasteiger partial charge in [-0.25, -0.2) is 0 Å². The molecular formula is C38H38N4O. The van der Waals surface area contributed by atoms with Gasteiger partial charge in [-0.15, -0.1) is 0 Å². The van der Waals surface area contributed by atoms with Crippen molar-refractivity contribution in [3.05, 3.63) is 115 Å². The van der Waals surface area contributed by atoms with Crippen LogP contribution in [0.25, 0.3) is 43.6 Å². The van der Waals surface area contributed by atoms with E-state index in [9.17, 15) is 0 Å². The second kappa shape index (κ2) is 12.3. The zero-order chi connectivity index (χ0) is 29.0. The second-order valence-corrected chi connectivity index (χ2v) is 11.5. The minimum Gasteiger partial charge on any atom is -0.494 e. The molecule has 0 aliphatic heterocycles. The van der Waals surface area contributed by atoms with Gasteiger partial charge < -0.3 is 13.9 Å². The van der Waals surface area contributed by atoms with Crippen LogP contribution in [0.1, 0.15) is 43.4 Å². The van der Waals surface area contributed by atoms with E-state index < -0.39 is 0 Å². The summed E-state index contributed by atoms with van der Waals surface area (Å²) in [6.07, 6.45) is 12.5. The normalized spacial score (nSPS) is 11.7. The van der Waals surface area contributed by atoms with Gasteiger partial charge in [0.1, 0.15) is 5.75 Å². The van der Waals surface area contributed by atoms with Crippen molar-refractivity contribution in [1.29, 1.82) is 0 Å². The first-order valence-electron chi connectivity index (χ1n) is 15.6. The predicted octanol–water partition coefficient (Wildman–Crippen LogP) is 9.27. The van der Waals surface area contributed by atoms with Crippen LogP contribution in [-0.2, 0) is 19.5 Å². The highest BCUT2D eigenvalue weighted by molar-refractivity contribution is 6.09. The quantitative estimate of drug-likeness (QED) is 0.138. The molecule has 7 aromatic rings. The lowest BCUT2D eigenvalue weighted by atomic mass is 10.1. The number of para-hydroxylation sites is 1. The maximum Gasteiger partial charge on any atom is 0.121 e. The number of fused-ring (bicyclic) bond motifs is 6. The number of ether oxygens (including phenoxy) is 1. The van der Waals surface area contributed by atoms with E-state index in [0.717, 1.165) is 63.2 Å². The van der Waals surface area contributed by atoms with E-state index in [4.69, 9.17) is 4.74 Å². The highest BCUT2D eigenvalue weighted by Gasteiger charge is 2.14. The van der Waals surface area contributed by atoms with Gasteiger partial charge in [0.05, 0.1) is 35.0 Å². The van der Waals surface area contributed by atoms with E-state index in [1.807, 2.05) is 18.6 Å². The highest BCUT2D eigenvalue weighted by Crippen LogP contribution is 2.33. The molecule has 5 heteroatoms. The lowest BCUT2D eigenvalue weighted by molar-refractivity contribution is 0.304. The van der Waals surface area contributed by atoms with Gasteiger partial charge >= 0.3 is 0 Å². The molecule has 4 heterocycles. The number of pyridine rings is 2. The minimum absolute atomic E-state index is 0.736. The summed E-state index contributed by atoms with van der Waals surface area (Å²) in [5, 5.41) is 5.14. The summed E-state index contributed by atoms with van der Waals surface area (Å²) in [4.78, 5) is 9.02. The molecule has 0 bridgehead atoms. The molecule has 43 heavy (non-hydrogen) atoms. The van der Waals surface area contributed by atoms with Crippen LogP contribution in [0.15, 0.2) is 104 Å². The van der Waals surface area contributed by atoms with Gasteiger partial charge in [0.15, 0.2) is 0 Å². The van der Waals surface area contributed by atoms with Crippen LogP contribution in [0.4, 0.5) is 0 Å². The summed E-state index contributed by atoms with van der Waals surface area (Å²) in [5.74, 6) is 0.947. The van der Waals surface area contributed by atoms with Crippen molar-refractivity contribution in [2.45, 2.75) is 58.5 Å². The Bertz CT molecular complexity index is 1950. The maximum absolute atomic E-state index is 6.29. The van der Waals surface area contributed by atoms with Crippen molar-refractivity contribution >= 4 is 43.6 Å². The van der Waals surface area contributed by atoms with Gasteiger partial charge in [-0.1, -0.05) is 61.4 Å². The third-order valence-corrected chi connectivity index (χ3v) is 8.74. The van der Waals surface area contributed by atoms with Gasteiger partial charge in [-0.3, -0.25) is 9.97 Å². The van der Waals surface area contributed by atoms with Crippen molar-refractivity contribution < 1.29 is 4.74 Å². The Morgan fingerprint density at radius 1 is 0.628 bits per heavy atom. The molecule has 0 unspecified atom stereocenters. The Balaban J connectivity index is 0.976. The molecule has 216 valence electrons. The fraction of sp³-hybridized carbons (Fsp3) is 0.263. The lowest BCUT2D eigenvalue weighted by Crippen LogP contribution is -2.02. The molecule has 0 fully saturated rings. The fourth-order valence-corrected chi connectivity index (χ4v) is 6.66. The van der Waals surface area contributed by atoms with Gasteiger partial charge in [0.2, 0.25) is 0 Å². The van der Waals surface area contributed by atoms with Crippen LogP contribution < -0.4 is 4.74 Å². The number of aromatic nitrogens is 4. The molecule has 5 nitrogen and oxygen atoms in total. The van der Waals surface area contributed by atoms with Gasteiger partial charge in [-0.2, -0.15) is 0 Å². The molecular weight excluding hydrogens is 528 g/mol. The Labute approximate surface area is 252 Å². The zero-order valence-electron chi connectivity index (χ0n) is 24.9. The molecule has 0 N–H and O–H groups in total. The third-order valence-electron chi connectivity index (χ3n) is 8.74. The number of unbranched alkanes of at least 4 members (excludes halogenated alkanes) is 3. The number of nitrogens with zero attached hydrogens (tertiary/aromatic N) is 4. The molecule has 3 aromatic carbocycles. The standard InChI is InChI=1S/C38H38N4O/c1-28-38-34(20-22-40-28)32-18-17-30(26-36(32)42(38)24-11-14-29-12-5-4-6-13-29)43-25-10-3-2-9-23-41-35-16-8-7-15-31(35)33-19-21-39-27-37(33)41/h4-8,12-13,15-22,26-27H,2-3,9-11,14,23-25H2,1H3. The predicted molar refractivity (Wildman–Crippen MR) is 178 cm³/mol. The summed E-state index contributed by atoms with van der Waals surface area (Å²) in [6, 6.07) is 30.3. The van der Waals surface area contributed by atoms with E-state index in [-0.39, 0.29) is 0 Å². The molecule has 0 saturated heterocycles.